The average molecular weight is 398 g/mol. The number of aryl methyl sites for hydroxylation is 1. The Balaban J connectivity index is 1.49. The van der Waals surface area contributed by atoms with Crippen molar-refractivity contribution in [2.75, 3.05) is 11.9 Å². The first-order valence-corrected chi connectivity index (χ1v) is 10.2. The highest BCUT2D eigenvalue weighted by atomic mass is 32.2. The van der Waals surface area contributed by atoms with Crippen molar-refractivity contribution in [3.05, 3.63) is 60.0 Å². The Morgan fingerprint density at radius 2 is 1.89 bits per heavy atom. The number of amides is 1. The number of rotatable bonds is 5. The summed E-state index contributed by atoms with van der Waals surface area (Å²) in [6, 6.07) is 14.0. The Bertz CT molecular complexity index is 1130. The average Bonchev–Trinajstić information content (AvgIpc) is 3.19. The van der Waals surface area contributed by atoms with Gasteiger partial charge in [-0.05, 0) is 42.3 Å². The van der Waals surface area contributed by atoms with Crippen LogP contribution in [0.1, 0.15) is 17.9 Å². The smallest absolute Gasteiger partial charge is 0.247 e. The van der Waals surface area contributed by atoms with E-state index in [0.717, 1.165) is 16.8 Å². The molecule has 0 unspecified atom stereocenters. The third kappa shape index (κ3) is 3.54. The molecule has 2 aromatic carbocycles. The number of nitrogens with one attached hydrogen (secondary N) is 1. The number of carbonyl (C=O) groups excluding carboxylic acids is 1. The number of hydrogen-bond donors (Lipinski definition) is 1. The third-order valence-electron chi connectivity index (χ3n) is 4.61. The number of benzene rings is 2. The van der Waals surface area contributed by atoms with Crippen LogP contribution in [-0.2, 0) is 27.8 Å². The molecular formula is C19H18N4O4S. The van der Waals surface area contributed by atoms with Crippen LogP contribution in [0.15, 0.2) is 57.8 Å². The lowest BCUT2D eigenvalue weighted by atomic mass is 10.0. The molecule has 1 aliphatic heterocycles. The van der Waals surface area contributed by atoms with Crippen LogP contribution < -0.4 is 9.62 Å². The van der Waals surface area contributed by atoms with Crippen LogP contribution in [0.25, 0.3) is 11.5 Å². The van der Waals surface area contributed by atoms with Gasteiger partial charge in [0, 0.05) is 24.7 Å². The molecule has 0 radical (unpaired) electrons. The number of nitrogens with zero attached hydrogens (tertiary/aromatic N) is 3. The summed E-state index contributed by atoms with van der Waals surface area (Å²) in [4.78, 5) is 13.5. The fourth-order valence-corrected chi connectivity index (χ4v) is 4.09. The highest BCUT2D eigenvalue weighted by Gasteiger charge is 2.24. The van der Waals surface area contributed by atoms with Crippen molar-refractivity contribution in [2.45, 2.75) is 24.3 Å². The van der Waals surface area contributed by atoms with Crippen molar-refractivity contribution in [3.63, 3.8) is 0 Å². The Morgan fingerprint density at radius 1 is 1.11 bits per heavy atom. The van der Waals surface area contributed by atoms with E-state index in [2.05, 4.69) is 14.9 Å². The summed E-state index contributed by atoms with van der Waals surface area (Å²) in [7, 11) is -2.07. The topological polar surface area (TPSA) is 105 Å². The molecule has 28 heavy (non-hydrogen) atoms. The zero-order chi connectivity index (χ0) is 19.7. The second-order valence-electron chi connectivity index (χ2n) is 6.43. The van der Waals surface area contributed by atoms with E-state index < -0.39 is 10.0 Å². The molecule has 4 rings (SSSR count). The molecule has 0 spiro atoms. The van der Waals surface area contributed by atoms with E-state index in [4.69, 9.17) is 4.42 Å². The van der Waals surface area contributed by atoms with Crippen LogP contribution in [0.3, 0.4) is 0 Å². The first-order chi connectivity index (χ1) is 13.4. The quantitative estimate of drug-likeness (QED) is 0.706. The number of aromatic nitrogens is 2. The lowest BCUT2D eigenvalue weighted by Gasteiger charge is -2.26. The molecule has 0 saturated carbocycles. The molecule has 0 aliphatic carbocycles. The van der Waals surface area contributed by atoms with Gasteiger partial charge < -0.3 is 9.32 Å². The van der Waals surface area contributed by atoms with Crippen LogP contribution in [-0.4, -0.2) is 31.6 Å². The molecule has 1 aromatic heterocycles. The molecule has 1 aliphatic rings. The first kappa shape index (κ1) is 18.3. The minimum Gasteiger partial charge on any atom is -0.419 e. The summed E-state index contributed by atoms with van der Waals surface area (Å²) in [5.41, 5.74) is 2.33. The zero-order valence-corrected chi connectivity index (χ0v) is 15.9. The molecule has 0 bridgehead atoms. The first-order valence-electron chi connectivity index (χ1n) is 8.71. The van der Waals surface area contributed by atoms with Gasteiger partial charge in [0.1, 0.15) is 0 Å². The zero-order valence-electron chi connectivity index (χ0n) is 15.1. The van der Waals surface area contributed by atoms with E-state index in [1.54, 1.807) is 24.1 Å². The number of hydrogen-bond acceptors (Lipinski definition) is 6. The minimum atomic E-state index is -3.76. The van der Waals surface area contributed by atoms with Gasteiger partial charge in [0.05, 0.1) is 11.4 Å². The monoisotopic (exact) mass is 398 g/mol. The Hall–Kier alpha value is -3.04. The maximum Gasteiger partial charge on any atom is 0.247 e. The van der Waals surface area contributed by atoms with E-state index in [0.29, 0.717) is 18.7 Å². The summed E-state index contributed by atoms with van der Waals surface area (Å²) in [5.74, 6) is 0.522. The summed E-state index contributed by atoms with van der Waals surface area (Å²) < 4.78 is 33.3. The molecule has 3 aromatic rings. The molecule has 0 saturated heterocycles. The van der Waals surface area contributed by atoms with Gasteiger partial charge in [-0.1, -0.05) is 18.2 Å². The normalized spacial score (nSPS) is 14.2. The van der Waals surface area contributed by atoms with Crippen LogP contribution >= 0.6 is 0 Å². The minimum absolute atomic E-state index is 0.0202. The van der Waals surface area contributed by atoms with Crippen molar-refractivity contribution in [3.8, 4) is 11.5 Å². The largest absolute Gasteiger partial charge is 0.419 e. The predicted molar refractivity (Wildman–Crippen MR) is 102 cm³/mol. The van der Waals surface area contributed by atoms with Crippen LogP contribution in [0.2, 0.25) is 0 Å². The van der Waals surface area contributed by atoms with Crippen LogP contribution in [0.5, 0.6) is 0 Å². The standard InChI is InChI=1S/C19H18N4O4S/c1-23-16-9-8-15(11-14(16)7-10-18(23)24)28(25,26)20-12-17-21-22-19(27-17)13-5-3-2-4-6-13/h2-6,8-9,11,20H,7,10,12H2,1H3. The summed E-state index contributed by atoms with van der Waals surface area (Å²) in [6.45, 7) is -0.113. The molecule has 1 amide bonds. The summed E-state index contributed by atoms with van der Waals surface area (Å²) in [5, 5.41) is 7.83. The van der Waals surface area contributed by atoms with Gasteiger partial charge in [-0.3, -0.25) is 4.79 Å². The fraction of sp³-hybridized carbons (Fsp3) is 0.211. The van der Waals surface area contributed by atoms with Gasteiger partial charge >= 0.3 is 0 Å². The molecular weight excluding hydrogens is 380 g/mol. The molecule has 0 fully saturated rings. The summed E-state index contributed by atoms with van der Waals surface area (Å²) in [6.07, 6.45) is 0.886. The number of anilines is 1. The molecule has 9 heteroatoms. The summed E-state index contributed by atoms with van der Waals surface area (Å²) >= 11 is 0. The molecule has 8 nitrogen and oxygen atoms in total. The van der Waals surface area contributed by atoms with Gasteiger partial charge in [-0.25, -0.2) is 13.1 Å². The number of sulfonamides is 1. The Labute approximate surface area is 162 Å². The maximum absolute atomic E-state index is 12.6. The Morgan fingerprint density at radius 3 is 2.68 bits per heavy atom. The van der Waals surface area contributed by atoms with Gasteiger partial charge in [-0.15, -0.1) is 10.2 Å². The van der Waals surface area contributed by atoms with Gasteiger partial charge in [0.15, 0.2) is 0 Å². The molecule has 2 heterocycles. The van der Waals surface area contributed by atoms with Crippen molar-refractivity contribution in [1.82, 2.24) is 14.9 Å². The van der Waals surface area contributed by atoms with E-state index in [-0.39, 0.29) is 23.2 Å². The van der Waals surface area contributed by atoms with Crippen molar-refractivity contribution >= 4 is 21.6 Å². The van der Waals surface area contributed by atoms with Gasteiger partial charge in [0.2, 0.25) is 27.7 Å². The maximum atomic E-state index is 12.6. The number of fused-ring (bicyclic) bond motifs is 1. The molecule has 0 atom stereocenters. The number of carbonyl (C=O) groups is 1. The van der Waals surface area contributed by atoms with E-state index >= 15 is 0 Å². The van der Waals surface area contributed by atoms with Crippen LogP contribution in [0.4, 0.5) is 5.69 Å². The highest BCUT2D eigenvalue weighted by Crippen LogP contribution is 2.29. The van der Waals surface area contributed by atoms with E-state index in [1.807, 2.05) is 30.3 Å². The van der Waals surface area contributed by atoms with Crippen molar-refractivity contribution in [2.24, 2.45) is 0 Å². The Kier molecular flexibility index (Phi) is 4.70. The van der Waals surface area contributed by atoms with Gasteiger partial charge in [0.25, 0.3) is 0 Å². The van der Waals surface area contributed by atoms with E-state index in [9.17, 15) is 13.2 Å². The van der Waals surface area contributed by atoms with Crippen molar-refractivity contribution in [1.29, 1.82) is 0 Å². The fourth-order valence-electron chi connectivity index (χ4n) is 3.06. The van der Waals surface area contributed by atoms with E-state index in [1.165, 1.54) is 6.07 Å². The second kappa shape index (κ2) is 7.17. The second-order valence-corrected chi connectivity index (χ2v) is 8.20. The third-order valence-corrected chi connectivity index (χ3v) is 6.00. The molecule has 144 valence electrons. The molecule has 1 N–H and O–H groups in total. The van der Waals surface area contributed by atoms with Crippen LogP contribution in [0, 0.1) is 0 Å². The van der Waals surface area contributed by atoms with Gasteiger partial charge in [-0.2, -0.15) is 0 Å². The lowest BCUT2D eigenvalue weighted by Crippen LogP contribution is -2.31. The predicted octanol–water partition coefficient (Wildman–Crippen LogP) is 2.12. The van der Waals surface area contributed by atoms with Crippen molar-refractivity contribution < 1.29 is 17.6 Å². The lowest BCUT2D eigenvalue weighted by molar-refractivity contribution is -0.118. The highest BCUT2D eigenvalue weighted by molar-refractivity contribution is 7.89. The SMILES string of the molecule is CN1C(=O)CCc2cc(S(=O)(=O)NCc3nnc(-c4ccccc4)o3)ccc21.